The van der Waals surface area contributed by atoms with Gasteiger partial charge in [-0.1, -0.05) is 12.1 Å². The van der Waals surface area contributed by atoms with Gasteiger partial charge >= 0.3 is 0 Å². The molecule has 1 N–H and O–H groups in total. The summed E-state index contributed by atoms with van der Waals surface area (Å²) < 4.78 is 1.75. The minimum atomic E-state index is -0.0645. The van der Waals surface area contributed by atoms with Crippen molar-refractivity contribution >= 4 is 34.1 Å². The number of ketones is 1. The van der Waals surface area contributed by atoms with E-state index >= 15 is 0 Å². The van der Waals surface area contributed by atoms with Crippen LogP contribution in [0.2, 0.25) is 0 Å². The average molecular weight is 377 g/mol. The molecule has 2 aromatic heterocycles. The number of fused-ring (bicyclic) bond motifs is 2. The van der Waals surface area contributed by atoms with Gasteiger partial charge in [-0.25, -0.2) is 15.0 Å². The van der Waals surface area contributed by atoms with E-state index in [-0.39, 0.29) is 5.78 Å². The zero-order valence-electron chi connectivity index (χ0n) is 16.1. The lowest BCUT2D eigenvalue weighted by Crippen LogP contribution is -2.45. The minimum absolute atomic E-state index is 0.0645. The minimum Gasteiger partial charge on any atom is -0.366 e. The molecule has 144 valence electrons. The van der Waals surface area contributed by atoms with E-state index in [4.69, 9.17) is 0 Å². The first-order chi connectivity index (χ1) is 13.6. The molecule has 4 heterocycles. The van der Waals surface area contributed by atoms with E-state index in [2.05, 4.69) is 54.3 Å². The molecule has 3 aromatic rings. The van der Waals surface area contributed by atoms with Crippen LogP contribution in [0.25, 0.3) is 11.2 Å². The van der Waals surface area contributed by atoms with Crippen molar-refractivity contribution in [1.29, 1.82) is 0 Å². The van der Waals surface area contributed by atoms with Crippen molar-refractivity contribution < 1.29 is 4.79 Å². The molecule has 8 nitrogen and oxygen atoms in total. The molecule has 28 heavy (non-hydrogen) atoms. The van der Waals surface area contributed by atoms with E-state index in [9.17, 15) is 4.79 Å². The van der Waals surface area contributed by atoms with Gasteiger partial charge in [-0.15, -0.1) is 0 Å². The number of imidazole rings is 1. The number of benzene rings is 1. The Hall–Kier alpha value is -3.16. The summed E-state index contributed by atoms with van der Waals surface area (Å²) in [4.78, 5) is 30.0. The second-order valence-electron chi connectivity index (χ2n) is 7.46. The Morgan fingerprint density at radius 2 is 1.96 bits per heavy atom. The van der Waals surface area contributed by atoms with Gasteiger partial charge in [0.15, 0.2) is 28.6 Å². The topological polar surface area (TPSA) is 79.2 Å². The molecule has 0 unspecified atom stereocenters. The molecule has 0 atom stereocenters. The van der Waals surface area contributed by atoms with Crippen LogP contribution in [0, 0.1) is 0 Å². The molecule has 5 rings (SSSR count). The number of anilines is 3. The van der Waals surface area contributed by atoms with Gasteiger partial charge < -0.3 is 19.7 Å². The first-order valence-electron chi connectivity index (χ1n) is 9.66. The molecule has 2 aliphatic heterocycles. The van der Waals surface area contributed by atoms with E-state index in [1.54, 1.807) is 10.9 Å². The third-order valence-electron chi connectivity index (χ3n) is 5.81. The third-order valence-corrected chi connectivity index (χ3v) is 5.81. The van der Waals surface area contributed by atoms with Gasteiger partial charge in [-0.2, -0.15) is 0 Å². The van der Waals surface area contributed by atoms with E-state index in [0.29, 0.717) is 23.0 Å². The highest BCUT2D eigenvalue weighted by molar-refractivity contribution is 5.96. The number of nitrogens with one attached hydrogen (secondary N) is 1. The number of hydrogen-bond acceptors (Lipinski definition) is 7. The summed E-state index contributed by atoms with van der Waals surface area (Å²) in [6.45, 7) is 4.20. The largest absolute Gasteiger partial charge is 0.366 e. The first kappa shape index (κ1) is 17.0. The molecule has 2 aliphatic rings. The second-order valence-corrected chi connectivity index (χ2v) is 7.46. The van der Waals surface area contributed by atoms with Crippen molar-refractivity contribution in [3.63, 3.8) is 0 Å². The van der Waals surface area contributed by atoms with Crippen LogP contribution in [0.5, 0.6) is 0 Å². The van der Waals surface area contributed by atoms with Crippen LogP contribution < -0.4 is 15.1 Å². The Labute approximate surface area is 163 Å². The summed E-state index contributed by atoms with van der Waals surface area (Å²) in [6.07, 6.45) is 3.66. The highest BCUT2D eigenvalue weighted by Crippen LogP contribution is 2.35. The lowest BCUT2D eigenvalue weighted by molar-refractivity contribution is 0.100. The summed E-state index contributed by atoms with van der Waals surface area (Å²) in [7, 11) is 1.83. The fraction of sp³-hybridized carbons (Fsp3) is 0.400. The van der Waals surface area contributed by atoms with Gasteiger partial charge in [0.2, 0.25) is 0 Å². The molecule has 1 fully saturated rings. The quantitative estimate of drug-likeness (QED) is 0.702. The number of carbonyl (C=O) groups excluding carboxylic acids is 1. The highest BCUT2D eigenvalue weighted by Gasteiger charge is 2.30. The molecule has 0 spiro atoms. The zero-order valence-corrected chi connectivity index (χ0v) is 16.1. The van der Waals surface area contributed by atoms with Crippen LogP contribution in [0.1, 0.15) is 30.4 Å². The van der Waals surface area contributed by atoms with Crippen LogP contribution in [0.4, 0.5) is 17.2 Å². The molecule has 0 aliphatic carbocycles. The van der Waals surface area contributed by atoms with Crippen molar-refractivity contribution in [2.45, 2.75) is 25.8 Å². The van der Waals surface area contributed by atoms with Gasteiger partial charge in [-0.05, 0) is 25.0 Å². The van der Waals surface area contributed by atoms with Gasteiger partial charge in [0, 0.05) is 33.1 Å². The molecular weight excluding hydrogens is 354 g/mol. The number of nitrogens with zero attached hydrogens (tertiary/aromatic N) is 6. The Morgan fingerprint density at radius 3 is 2.75 bits per heavy atom. The zero-order chi connectivity index (χ0) is 19.3. The number of rotatable bonds is 3. The predicted molar refractivity (Wildman–Crippen MR) is 109 cm³/mol. The fourth-order valence-corrected chi connectivity index (χ4v) is 4.38. The standard InChI is InChI=1S/C20H23N7O/c1-13(28)18-24-17-19(25(18)2)21-11-22-20(17)26-9-7-14(8-10-26)27-12-23-15-5-3-4-6-16(15)27/h3-6,11,14,23H,7-10,12H2,1-2H3. The molecule has 0 bridgehead atoms. The average Bonchev–Trinajstić information content (AvgIpc) is 3.30. The summed E-state index contributed by atoms with van der Waals surface area (Å²) in [6, 6.07) is 8.99. The molecule has 0 radical (unpaired) electrons. The van der Waals surface area contributed by atoms with Gasteiger partial charge in [-0.3, -0.25) is 4.79 Å². The molecule has 8 heteroatoms. The number of hydrogen-bond donors (Lipinski definition) is 1. The number of aromatic nitrogens is 4. The Bertz CT molecular complexity index is 1050. The van der Waals surface area contributed by atoms with Crippen LogP contribution in [0.3, 0.4) is 0 Å². The number of Topliss-reactive ketones (excluding diaryl/α,β-unsaturated/α-hetero) is 1. The van der Waals surface area contributed by atoms with E-state index in [1.165, 1.54) is 18.3 Å². The summed E-state index contributed by atoms with van der Waals surface area (Å²) in [5.74, 6) is 1.18. The van der Waals surface area contributed by atoms with E-state index in [1.807, 2.05) is 7.05 Å². The van der Waals surface area contributed by atoms with Gasteiger partial charge in [0.1, 0.15) is 6.33 Å². The summed E-state index contributed by atoms with van der Waals surface area (Å²) in [5, 5.41) is 3.48. The number of aryl methyl sites for hydroxylation is 1. The number of carbonyl (C=O) groups is 1. The van der Waals surface area contributed by atoms with Crippen molar-refractivity contribution in [2.24, 2.45) is 7.05 Å². The summed E-state index contributed by atoms with van der Waals surface area (Å²) in [5.41, 5.74) is 3.92. The Morgan fingerprint density at radius 1 is 1.18 bits per heavy atom. The van der Waals surface area contributed by atoms with Gasteiger partial charge in [0.25, 0.3) is 0 Å². The Kier molecular flexibility index (Phi) is 3.92. The van der Waals surface area contributed by atoms with Crippen molar-refractivity contribution in [1.82, 2.24) is 19.5 Å². The van der Waals surface area contributed by atoms with Crippen LogP contribution >= 0.6 is 0 Å². The van der Waals surface area contributed by atoms with Crippen molar-refractivity contribution in [3.05, 3.63) is 36.4 Å². The molecule has 0 amide bonds. The highest BCUT2D eigenvalue weighted by atomic mass is 16.1. The SMILES string of the molecule is CC(=O)c1nc2c(N3CCC(N4CNc5ccccc54)CC3)ncnc2n1C. The third kappa shape index (κ3) is 2.59. The van der Waals surface area contributed by atoms with E-state index in [0.717, 1.165) is 38.4 Å². The fourth-order valence-electron chi connectivity index (χ4n) is 4.38. The smallest absolute Gasteiger partial charge is 0.195 e. The molecule has 1 saturated heterocycles. The maximum Gasteiger partial charge on any atom is 0.195 e. The first-order valence-corrected chi connectivity index (χ1v) is 9.66. The van der Waals surface area contributed by atoms with Crippen LogP contribution in [-0.2, 0) is 7.05 Å². The number of piperidine rings is 1. The molecular formula is C20H23N7O. The van der Waals surface area contributed by atoms with Crippen LogP contribution in [-0.4, -0.2) is 51.1 Å². The van der Waals surface area contributed by atoms with Crippen molar-refractivity contribution in [2.75, 3.05) is 34.9 Å². The molecule has 1 aromatic carbocycles. The summed E-state index contributed by atoms with van der Waals surface area (Å²) >= 11 is 0. The maximum atomic E-state index is 11.9. The lowest BCUT2D eigenvalue weighted by Gasteiger charge is -2.38. The van der Waals surface area contributed by atoms with Gasteiger partial charge in [0.05, 0.1) is 18.0 Å². The van der Waals surface area contributed by atoms with Crippen LogP contribution in [0.15, 0.2) is 30.6 Å². The number of para-hydroxylation sites is 2. The lowest BCUT2D eigenvalue weighted by atomic mass is 10.0. The second kappa shape index (κ2) is 6.47. The normalized spacial score (nSPS) is 17.1. The maximum absolute atomic E-state index is 11.9. The van der Waals surface area contributed by atoms with Crippen molar-refractivity contribution in [3.8, 4) is 0 Å². The predicted octanol–water partition coefficient (Wildman–Crippen LogP) is 2.42. The Balaban J connectivity index is 1.38. The van der Waals surface area contributed by atoms with E-state index < -0.39 is 0 Å². The monoisotopic (exact) mass is 377 g/mol. The molecule has 0 saturated carbocycles.